The Bertz CT molecular complexity index is 1210. The molecular formula is C25H27ClF2N4O2S. The van der Waals surface area contributed by atoms with Crippen LogP contribution in [0, 0.1) is 17.0 Å². The number of pyridine rings is 1. The van der Waals surface area contributed by atoms with Crippen LogP contribution in [0.25, 0.3) is 0 Å². The second-order valence-corrected chi connectivity index (χ2v) is 10.7. The molecule has 1 aromatic carbocycles. The van der Waals surface area contributed by atoms with Crippen LogP contribution < -0.4 is 5.32 Å². The van der Waals surface area contributed by atoms with E-state index in [1.165, 1.54) is 36.6 Å². The molecule has 1 aliphatic heterocycles. The molecule has 0 spiro atoms. The van der Waals surface area contributed by atoms with Gasteiger partial charge < -0.3 is 10.1 Å². The summed E-state index contributed by atoms with van der Waals surface area (Å²) in [5.41, 5.74) is -0.809. The van der Waals surface area contributed by atoms with Crippen molar-refractivity contribution in [1.29, 1.82) is 0 Å². The topological polar surface area (TPSA) is 67.3 Å². The van der Waals surface area contributed by atoms with Gasteiger partial charge in [-0.3, -0.25) is 9.69 Å². The summed E-state index contributed by atoms with van der Waals surface area (Å²) >= 11 is 7.37. The Labute approximate surface area is 212 Å². The molecule has 0 aliphatic carbocycles. The third-order valence-electron chi connectivity index (χ3n) is 6.59. The van der Waals surface area contributed by atoms with Gasteiger partial charge in [-0.25, -0.2) is 18.7 Å². The maximum atomic E-state index is 14.9. The first-order valence-electron chi connectivity index (χ1n) is 11.2. The molecule has 4 rings (SSSR count). The first-order chi connectivity index (χ1) is 16.6. The van der Waals surface area contributed by atoms with Gasteiger partial charge in [0.1, 0.15) is 17.5 Å². The van der Waals surface area contributed by atoms with E-state index in [0.29, 0.717) is 42.4 Å². The summed E-state index contributed by atoms with van der Waals surface area (Å²) in [4.78, 5) is 23.8. The smallest absolute Gasteiger partial charge is 0.312 e. The van der Waals surface area contributed by atoms with Crippen LogP contribution in [0.3, 0.4) is 0 Å². The molecule has 1 unspecified atom stereocenters. The minimum Gasteiger partial charge on any atom is -0.469 e. The number of thiazole rings is 1. The van der Waals surface area contributed by atoms with Gasteiger partial charge in [0.15, 0.2) is 5.13 Å². The number of carbonyl (C=O) groups excluding carboxylic acids is 1. The molecule has 3 aromatic rings. The van der Waals surface area contributed by atoms with Crippen LogP contribution in [0.4, 0.5) is 19.7 Å². The van der Waals surface area contributed by atoms with Crippen molar-refractivity contribution in [2.75, 3.05) is 19.0 Å². The van der Waals surface area contributed by atoms with Crippen LogP contribution in [-0.2, 0) is 22.5 Å². The minimum absolute atomic E-state index is 0.0778. The highest BCUT2D eigenvalue weighted by Crippen LogP contribution is 2.44. The largest absolute Gasteiger partial charge is 0.469 e. The molecule has 35 heavy (non-hydrogen) atoms. The summed E-state index contributed by atoms with van der Waals surface area (Å²) in [6.07, 6.45) is 2.55. The van der Waals surface area contributed by atoms with Crippen LogP contribution >= 0.6 is 22.9 Å². The number of methoxy groups -OCH3 is 1. The number of aromatic nitrogens is 2. The SMILES string of the molecule is COC(=O)C1(Cc2nc(Nc3nccs3)ccc2F)CCN(Cc2cccc(Cl)c2F)C(C)(C)C1. The maximum absolute atomic E-state index is 14.9. The van der Waals surface area contributed by atoms with Crippen molar-refractivity contribution in [3.8, 4) is 0 Å². The molecule has 0 bridgehead atoms. The molecule has 6 nitrogen and oxygen atoms in total. The fraction of sp³-hybridized carbons (Fsp3) is 0.400. The van der Waals surface area contributed by atoms with Crippen LogP contribution in [-0.4, -0.2) is 40.0 Å². The van der Waals surface area contributed by atoms with Crippen LogP contribution in [0.1, 0.15) is 37.9 Å². The van der Waals surface area contributed by atoms with E-state index in [9.17, 15) is 13.6 Å². The molecule has 186 valence electrons. The number of piperidine rings is 1. The zero-order valence-corrected chi connectivity index (χ0v) is 21.3. The number of anilines is 2. The number of esters is 1. The molecule has 1 fully saturated rings. The van der Waals surface area contributed by atoms with E-state index >= 15 is 0 Å². The highest BCUT2D eigenvalue weighted by molar-refractivity contribution is 7.13. The van der Waals surface area contributed by atoms with Gasteiger partial charge in [-0.1, -0.05) is 23.7 Å². The average molecular weight is 521 g/mol. The number of carbonyl (C=O) groups is 1. The third-order valence-corrected chi connectivity index (χ3v) is 7.57. The number of likely N-dealkylation sites (tertiary alicyclic amines) is 1. The van der Waals surface area contributed by atoms with Crippen LogP contribution in [0.15, 0.2) is 41.9 Å². The van der Waals surface area contributed by atoms with Gasteiger partial charge in [0.25, 0.3) is 0 Å². The molecule has 0 saturated carbocycles. The molecule has 1 N–H and O–H groups in total. The predicted molar refractivity (Wildman–Crippen MR) is 133 cm³/mol. The lowest BCUT2D eigenvalue weighted by molar-refractivity contribution is -0.160. The van der Waals surface area contributed by atoms with Gasteiger partial charge in [0, 0.05) is 42.2 Å². The Morgan fingerprint density at radius 1 is 1.29 bits per heavy atom. The molecule has 0 amide bonds. The Balaban J connectivity index is 1.59. The van der Waals surface area contributed by atoms with E-state index in [1.54, 1.807) is 18.3 Å². The van der Waals surface area contributed by atoms with Gasteiger partial charge >= 0.3 is 5.97 Å². The molecule has 3 heterocycles. The summed E-state index contributed by atoms with van der Waals surface area (Å²) < 4.78 is 34.6. The molecule has 10 heteroatoms. The number of hydrogen-bond acceptors (Lipinski definition) is 7. The Morgan fingerprint density at radius 3 is 2.77 bits per heavy atom. The fourth-order valence-electron chi connectivity index (χ4n) is 4.86. The van der Waals surface area contributed by atoms with Gasteiger partial charge in [-0.05, 0) is 44.9 Å². The number of nitrogens with one attached hydrogen (secondary N) is 1. The van der Waals surface area contributed by atoms with Crippen molar-refractivity contribution < 1.29 is 18.3 Å². The van der Waals surface area contributed by atoms with Crippen molar-refractivity contribution in [3.05, 3.63) is 69.8 Å². The molecule has 1 aliphatic rings. The normalized spacial score (nSPS) is 19.9. The van der Waals surface area contributed by atoms with Crippen LogP contribution in [0.5, 0.6) is 0 Å². The van der Waals surface area contributed by atoms with Gasteiger partial charge in [0.2, 0.25) is 0 Å². The molecule has 2 aromatic heterocycles. The molecular weight excluding hydrogens is 494 g/mol. The lowest BCUT2D eigenvalue weighted by Crippen LogP contribution is -2.56. The van der Waals surface area contributed by atoms with Gasteiger partial charge in [-0.2, -0.15) is 0 Å². The van der Waals surface area contributed by atoms with Crippen molar-refractivity contribution >= 4 is 39.9 Å². The molecule has 0 radical (unpaired) electrons. The first-order valence-corrected chi connectivity index (χ1v) is 12.5. The van der Waals surface area contributed by atoms with Gasteiger partial charge in [-0.15, -0.1) is 11.3 Å². The summed E-state index contributed by atoms with van der Waals surface area (Å²) in [5, 5.41) is 5.60. The number of rotatable bonds is 7. The van der Waals surface area contributed by atoms with Crippen molar-refractivity contribution in [2.24, 2.45) is 5.41 Å². The van der Waals surface area contributed by atoms with E-state index < -0.39 is 28.6 Å². The number of ether oxygens (including phenoxy) is 1. The third kappa shape index (κ3) is 5.47. The lowest BCUT2D eigenvalue weighted by atomic mass is 9.67. The van der Waals surface area contributed by atoms with E-state index in [2.05, 4.69) is 20.2 Å². The van der Waals surface area contributed by atoms with Gasteiger partial charge in [0.05, 0.1) is 23.2 Å². The van der Waals surface area contributed by atoms with E-state index in [0.717, 1.165) is 0 Å². The average Bonchev–Trinajstić information content (AvgIpc) is 3.33. The highest BCUT2D eigenvalue weighted by Gasteiger charge is 2.50. The fourth-order valence-corrected chi connectivity index (χ4v) is 5.59. The summed E-state index contributed by atoms with van der Waals surface area (Å²) in [5.74, 6) is -0.882. The Hall–Kier alpha value is -2.62. The number of benzene rings is 1. The van der Waals surface area contributed by atoms with E-state index in [-0.39, 0.29) is 17.1 Å². The minimum atomic E-state index is -0.977. The Morgan fingerprint density at radius 2 is 2.09 bits per heavy atom. The van der Waals surface area contributed by atoms with E-state index in [4.69, 9.17) is 16.3 Å². The van der Waals surface area contributed by atoms with Crippen molar-refractivity contribution in [1.82, 2.24) is 14.9 Å². The highest BCUT2D eigenvalue weighted by atomic mass is 35.5. The quantitative estimate of drug-likeness (QED) is 0.386. The number of hydrogen-bond donors (Lipinski definition) is 1. The number of nitrogens with zero attached hydrogens (tertiary/aromatic N) is 3. The van der Waals surface area contributed by atoms with Crippen molar-refractivity contribution in [2.45, 2.75) is 45.2 Å². The van der Waals surface area contributed by atoms with Crippen molar-refractivity contribution in [3.63, 3.8) is 0 Å². The monoisotopic (exact) mass is 520 g/mol. The summed E-state index contributed by atoms with van der Waals surface area (Å²) in [6, 6.07) is 7.82. The first kappa shape index (κ1) is 25.5. The Kier molecular flexibility index (Phi) is 7.40. The second-order valence-electron chi connectivity index (χ2n) is 9.41. The zero-order chi connectivity index (χ0) is 25.2. The lowest BCUT2D eigenvalue weighted by Gasteiger charge is -2.50. The molecule has 1 saturated heterocycles. The summed E-state index contributed by atoms with van der Waals surface area (Å²) in [6.45, 7) is 4.83. The summed E-state index contributed by atoms with van der Waals surface area (Å²) in [7, 11) is 1.34. The standard InChI is InChI=1S/C25H27ClF2N4O2S/c1-24(2)15-25(22(33)34-3,9-11-32(24)14-16-5-4-6-17(26)21(16)28)13-19-18(27)7-8-20(30-19)31-23-29-10-12-35-23/h4-8,10,12H,9,11,13-15H2,1-3H3,(H,29,30,31). The van der Waals surface area contributed by atoms with Crippen LogP contribution in [0.2, 0.25) is 5.02 Å². The molecule has 1 atom stereocenters. The number of halogens is 3. The predicted octanol–water partition coefficient (Wildman–Crippen LogP) is 5.99. The van der Waals surface area contributed by atoms with E-state index in [1.807, 2.05) is 19.2 Å². The zero-order valence-electron chi connectivity index (χ0n) is 19.8. The second kappa shape index (κ2) is 10.2. The maximum Gasteiger partial charge on any atom is 0.312 e.